The number of benzene rings is 1. The maximum Gasteiger partial charge on any atom is 0.332 e. The minimum atomic E-state index is -0.889. The highest BCUT2D eigenvalue weighted by Gasteiger charge is 2.39. The van der Waals surface area contributed by atoms with Crippen LogP contribution in [-0.2, 0) is 20.9 Å². The Hall–Kier alpha value is -1.88. The summed E-state index contributed by atoms with van der Waals surface area (Å²) in [5.41, 5.74) is 0.0499. The number of carbonyl (C=O) groups is 2. The van der Waals surface area contributed by atoms with Crippen molar-refractivity contribution in [3.8, 4) is 0 Å². The van der Waals surface area contributed by atoms with Crippen molar-refractivity contribution < 1.29 is 14.3 Å². The molecule has 1 aliphatic rings. The van der Waals surface area contributed by atoms with E-state index < -0.39 is 5.54 Å². The van der Waals surface area contributed by atoms with E-state index in [1.54, 1.807) is 0 Å². The Balaban J connectivity index is 2.01. The minimum Gasteiger partial charge on any atom is -0.459 e. The second-order valence-corrected chi connectivity index (χ2v) is 5.01. The highest BCUT2D eigenvalue weighted by Crippen LogP contribution is 2.21. The third kappa shape index (κ3) is 3.57. The van der Waals surface area contributed by atoms with Gasteiger partial charge in [0.15, 0.2) is 0 Å². The Morgan fingerprint density at radius 3 is 2.85 bits per heavy atom. The van der Waals surface area contributed by atoms with E-state index in [2.05, 4.69) is 10.6 Å². The van der Waals surface area contributed by atoms with E-state index in [4.69, 9.17) is 4.74 Å². The Kier molecular flexibility index (Phi) is 5.12. The minimum absolute atomic E-state index is 0.232. The molecule has 0 saturated carbocycles. The molecule has 1 aliphatic heterocycles. The van der Waals surface area contributed by atoms with Crippen LogP contribution in [0.15, 0.2) is 30.3 Å². The summed E-state index contributed by atoms with van der Waals surface area (Å²) in [5.74, 6) is -0.350. The maximum absolute atomic E-state index is 12.4. The molecule has 20 heavy (non-hydrogen) atoms. The lowest BCUT2D eigenvalue weighted by Crippen LogP contribution is -2.52. The van der Waals surface area contributed by atoms with Gasteiger partial charge in [-0.1, -0.05) is 30.3 Å². The molecule has 0 radical (unpaired) electrons. The van der Waals surface area contributed by atoms with Gasteiger partial charge in [-0.25, -0.2) is 4.79 Å². The first-order valence-electron chi connectivity index (χ1n) is 6.90. The average Bonchev–Trinajstić information content (AvgIpc) is 2.73. The van der Waals surface area contributed by atoms with Crippen LogP contribution in [0, 0.1) is 0 Å². The van der Waals surface area contributed by atoms with Crippen LogP contribution in [0.5, 0.6) is 0 Å². The molecule has 1 atom stereocenters. The van der Waals surface area contributed by atoms with Gasteiger partial charge < -0.3 is 15.4 Å². The van der Waals surface area contributed by atoms with Crippen molar-refractivity contribution in [1.29, 1.82) is 0 Å². The van der Waals surface area contributed by atoms with E-state index >= 15 is 0 Å². The smallest absolute Gasteiger partial charge is 0.332 e. The highest BCUT2D eigenvalue weighted by atomic mass is 16.5. The molecule has 1 saturated heterocycles. The van der Waals surface area contributed by atoms with Gasteiger partial charge in [0, 0.05) is 0 Å². The number of carbonyl (C=O) groups excluding carboxylic acids is 2. The number of nitrogens with one attached hydrogen (secondary N) is 2. The molecule has 0 spiro atoms. The highest BCUT2D eigenvalue weighted by molar-refractivity contribution is 5.83. The Morgan fingerprint density at radius 1 is 1.30 bits per heavy atom. The predicted molar refractivity (Wildman–Crippen MR) is 74.9 cm³/mol. The van der Waals surface area contributed by atoms with Crippen molar-refractivity contribution in [1.82, 2.24) is 10.6 Å². The van der Waals surface area contributed by atoms with Gasteiger partial charge in [0.25, 0.3) is 0 Å². The lowest BCUT2D eigenvalue weighted by Gasteiger charge is -2.29. The van der Waals surface area contributed by atoms with Gasteiger partial charge in [0.1, 0.15) is 12.1 Å². The largest absolute Gasteiger partial charge is 0.459 e. The normalized spacial score (nSPS) is 22.6. The zero-order chi connectivity index (χ0) is 14.3. The van der Waals surface area contributed by atoms with E-state index in [0.29, 0.717) is 25.8 Å². The van der Waals surface area contributed by atoms with Crippen molar-refractivity contribution in [3.05, 3.63) is 35.9 Å². The molecule has 5 heteroatoms. The molecule has 1 aromatic carbocycles. The monoisotopic (exact) mass is 276 g/mol. The van der Waals surface area contributed by atoms with Crippen LogP contribution in [-0.4, -0.2) is 31.0 Å². The fraction of sp³-hybridized carbons (Fsp3) is 0.467. The van der Waals surface area contributed by atoms with Crippen molar-refractivity contribution >= 4 is 12.4 Å². The van der Waals surface area contributed by atoms with E-state index in [1.165, 1.54) is 0 Å². The lowest BCUT2D eigenvalue weighted by atomic mass is 9.91. The number of rotatable bonds is 5. The topological polar surface area (TPSA) is 67.4 Å². The van der Waals surface area contributed by atoms with Gasteiger partial charge in [0.05, 0.1) is 0 Å². The van der Waals surface area contributed by atoms with Crippen LogP contribution in [0.4, 0.5) is 0 Å². The summed E-state index contributed by atoms with van der Waals surface area (Å²) in [6, 6.07) is 9.53. The maximum atomic E-state index is 12.4. The summed E-state index contributed by atoms with van der Waals surface area (Å²) >= 11 is 0. The van der Waals surface area contributed by atoms with Crippen molar-refractivity contribution in [2.45, 2.75) is 31.4 Å². The molecule has 1 unspecified atom stereocenters. The summed E-state index contributed by atoms with van der Waals surface area (Å²) in [6.07, 6.45) is 2.59. The lowest BCUT2D eigenvalue weighted by molar-refractivity contribution is -0.154. The fourth-order valence-corrected chi connectivity index (χ4v) is 2.45. The predicted octanol–water partition coefficient (Wildman–Crippen LogP) is 0.988. The fourth-order valence-electron chi connectivity index (χ4n) is 2.45. The molecule has 1 amide bonds. The van der Waals surface area contributed by atoms with Crippen LogP contribution in [0.2, 0.25) is 0 Å². The van der Waals surface area contributed by atoms with E-state index in [9.17, 15) is 9.59 Å². The number of amides is 1. The second kappa shape index (κ2) is 7.05. The molecular formula is C15H20N2O3. The number of hydrogen-bond acceptors (Lipinski definition) is 4. The third-order valence-electron chi connectivity index (χ3n) is 3.62. The van der Waals surface area contributed by atoms with Gasteiger partial charge in [-0.3, -0.25) is 4.79 Å². The van der Waals surface area contributed by atoms with E-state index in [1.807, 2.05) is 30.3 Å². The molecule has 2 rings (SSSR count). The molecule has 108 valence electrons. The van der Waals surface area contributed by atoms with Crippen LogP contribution >= 0.6 is 0 Å². The molecule has 0 bridgehead atoms. The molecule has 1 heterocycles. The van der Waals surface area contributed by atoms with Gasteiger partial charge in [0.2, 0.25) is 6.41 Å². The van der Waals surface area contributed by atoms with E-state index in [-0.39, 0.29) is 12.6 Å². The third-order valence-corrected chi connectivity index (χ3v) is 3.62. The quantitative estimate of drug-likeness (QED) is 0.621. The number of hydrogen-bond donors (Lipinski definition) is 2. The SMILES string of the molecule is O=CNC1(C(=O)OCc2ccccc2)CCCNCC1. The molecular weight excluding hydrogens is 256 g/mol. The first kappa shape index (κ1) is 14.5. The Labute approximate surface area is 118 Å². The standard InChI is InChI=1S/C15H20N2O3/c18-12-17-15(7-4-9-16-10-8-15)14(19)20-11-13-5-2-1-3-6-13/h1-3,5-6,12,16H,4,7-11H2,(H,17,18). The van der Waals surface area contributed by atoms with Gasteiger partial charge in [-0.2, -0.15) is 0 Å². The first-order valence-corrected chi connectivity index (χ1v) is 6.90. The van der Waals surface area contributed by atoms with Crippen LogP contribution in [0.3, 0.4) is 0 Å². The summed E-state index contributed by atoms with van der Waals surface area (Å²) in [5, 5.41) is 5.90. The van der Waals surface area contributed by atoms with Crippen LogP contribution in [0.1, 0.15) is 24.8 Å². The molecule has 5 nitrogen and oxygen atoms in total. The Morgan fingerprint density at radius 2 is 2.10 bits per heavy atom. The first-order chi connectivity index (χ1) is 9.77. The number of esters is 1. The zero-order valence-corrected chi connectivity index (χ0v) is 11.4. The summed E-state index contributed by atoms with van der Waals surface area (Å²) in [6.45, 7) is 1.78. The number of ether oxygens (including phenoxy) is 1. The van der Waals surface area contributed by atoms with Crippen molar-refractivity contribution in [3.63, 3.8) is 0 Å². The summed E-state index contributed by atoms with van der Waals surface area (Å²) in [4.78, 5) is 23.2. The molecule has 0 aliphatic carbocycles. The second-order valence-electron chi connectivity index (χ2n) is 5.01. The zero-order valence-electron chi connectivity index (χ0n) is 11.4. The van der Waals surface area contributed by atoms with Crippen LogP contribution < -0.4 is 10.6 Å². The Bertz CT molecular complexity index is 440. The molecule has 1 aromatic rings. The van der Waals surface area contributed by atoms with E-state index in [0.717, 1.165) is 18.5 Å². The molecule has 1 fully saturated rings. The summed E-state index contributed by atoms with van der Waals surface area (Å²) in [7, 11) is 0. The molecule has 0 aromatic heterocycles. The van der Waals surface area contributed by atoms with Gasteiger partial charge in [-0.05, 0) is 37.9 Å². The average molecular weight is 276 g/mol. The van der Waals surface area contributed by atoms with Gasteiger partial charge in [-0.15, -0.1) is 0 Å². The molecule has 2 N–H and O–H groups in total. The van der Waals surface area contributed by atoms with Crippen molar-refractivity contribution in [2.75, 3.05) is 13.1 Å². The van der Waals surface area contributed by atoms with Crippen molar-refractivity contribution in [2.24, 2.45) is 0 Å². The van der Waals surface area contributed by atoms with Crippen LogP contribution in [0.25, 0.3) is 0 Å². The summed E-state index contributed by atoms with van der Waals surface area (Å²) < 4.78 is 5.39. The van der Waals surface area contributed by atoms with Gasteiger partial charge >= 0.3 is 5.97 Å².